The zero-order valence-electron chi connectivity index (χ0n) is 11.9. The minimum absolute atomic E-state index is 0.300. The lowest BCUT2D eigenvalue weighted by atomic mass is 10.0. The van der Waals surface area contributed by atoms with E-state index in [0.717, 1.165) is 11.1 Å². The van der Waals surface area contributed by atoms with E-state index in [-0.39, 0.29) is 5.97 Å². The molecule has 0 bridgehead atoms. The molecule has 0 spiro atoms. The lowest BCUT2D eigenvalue weighted by Gasteiger charge is -2.05. The van der Waals surface area contributed by atoms with Crippen LogP contribution in [-0.2, 0) is 4.79 Å². The molecule has 0 aliphatic carbocycles. The third-order valence-electron chi connectivity index (χ3n) is 2.48. The second-order valence-electron chi connectivity index (χ2n) is 3.99. The third-order valence-corrected chi connectivity index (χ3v) is 2.48. The highest BCUT2D eigenvalue weighted by Crippen LogP contribution is 2.24. The van der Waals surface area contributed by atoms with Crippen molar-refractivity contribution in [2.24, 2.45) is 0 Å². The average Bonchev–Trinajstić information content (AvgIpc) is 2.41. The van der Waals surface area contributed by atoms with Crippen LogP contribution in [0.5, 0.6) is 5.75 Å². The van der Waals surface area contributed by atoms with Gasteiger partial charge in [0.25, 0.3) is 0 Å². The predicted octanol–water partition coefficient (Wildman–Crippen LogP) is 4.61. The average molecular weight is 256 g/mol. The van der Waals surface area contributed by atoms with Gasteiger partial charge in [-0.15, -0.1) is 0 Å². The van der Waals surface area contributed by atoms with Gasteiger partial charge in [0.1, 0.15) is 5.75 Å². The van der Waals surface area contributed by atoms with Crippen LogP contribution < -0.4 is 4.74 Å². The van der Waals surface area contributed by atoms with Gasteiger partial charge in [0.2, 0.25) is 0 Å². The normalized spacial score (nSPS) is 9.26. The van der Waals surface area contributed by atoms with Crippen LogP contribution in [0.1, 0.15) is 26.3 Å². The second-order valence-corrected chi connectivity index (χ2v) is 3.99. The lowest BCUT2D eigenvalue weighted by molar-refractivity contribution is -0.131. The molecule has 2 heteroatoms. The van der Waals surface area contributed by atoms with Gasteiger partial charge in [-0.3, -0.25) is 4.79 Å². The molecule has 2 aromatic rings. The maximum atomic E-state index is 10.9. The van der Waals surface area contributed by atoms with Crippen molar-refractivity contribution in [1.29, 1.82) is 0 Å². The summed E-state index contributed by atoms with van der Waals surface area (Å²) in [4.78, 5) is 10.9. The van der Waals surface area contributed by atoms with Crippen molar-refractivity contribution in [2.45, 2.75) is 27.7 Å². The molecular weight excluding hydrogens is 236 g/mol. The van der Waals surface area contributed by atoms with Crippen LogP contribution in [0, 0.1) is 6.92 Å². The van der Waals surface area contributed by atoms with Crippen molar-refractivity contribution in [3.63, 3.8) is 0 Å². The van der Waals surface area contributed by atoms with E-state index in [1.165, 1.54) is 12.5 Å². The molecule has 0 fully saturated rings. The summed E-state index contributed by atoms with van der Waals surface area (Å²) in [6.07, 6.45) is 0. The Morgan fingerprint density at radius 1 is 0.947 bits per heavy atom. The summed E-state index contributed by atoms with van der Waals surface area (Å²) in [6, 6.07) is 15.8. The van der Waals surface area contributed by atoms with Gasteiger partial charge >= 0.3 is 5.97 Å². The predicted molar refractivity (Wildman–Crippen MR) is 79.3 cm³/mol. The summed E-state index contributed by atoms with van der Waals surface area (Å²) in [7, 11) is 0. The van der Waals surface area contributed by atoms with Gasteiger partial charge in [-0.1, -0.05) is 55.8 Å². The molecule has 0 N–H and O–H groups in total. The van der Waals surface area contributed by atoms with E-state index in [9.17, 15) is 4.79 Å². The molecule has 0 amide bonds. The van der Waals surface area contributed by atoms with Crippen molar-refractivity contribution < 1.29 is 9.53 Å². The Bertz CT molecular complexity index is 527. The fourth-order valence-electron chi connectivity index (χ4n) is 1.65. The van der Waals surface area contributed by atoms with Gasteiger partial charge in [-0.05, 0) is 30.2 Å². The highest BCUT2D eigenvalue weighted by Gasteiger charge is 2.01. The Labute approximate surface area is 115 Å². The number of rotatable bonds is 2. The van der Waals surface area contributed by atoms with E-state index >= 15 is 0 Å². The number of carbonyl (C=O) groups excluding carboxylic acids is 1. The maximum Gasteiger partial charge on any atom is 0.308 e. The van der Waals surface area contributed by atoms with E-state index in [1.54, 1.807) is 6.07 Å². The first-order valence-electron chi connectivity index (χ1n) is 6.51. The van der Waals surface area contributed by atoms with Crippen molar-refractivity contribution >= 4 is 5.97 Å². The van der Waals surface area contributed by atoms with Crippen molar-refractivity contribution in [3.05, 3.63) is 54.1 Å². The van der Waals surface area contributed by atoms with E-state index < -0.39 is 0 Å². The second kappa shape index (κ2) is 7.37. The van der Waals surface area contributed by atoms with Crippen LogP contribution in [0.25, 0.3) is 11.1 Å². The minimum Gasteiger partial charge on any atom is -0.427 e. The van der Waals surface area contributed by atoms with Crippen molar-refractivity contribution in [1.82, 2.24) is 0 Å². The number of hydrogen-bond donors (Lipinski definition) is 0. The molecule has 2 nitrogen and oxygen atoms in total. The van der Waals surface area contributed by atoms with E-state index in [4.69, 9.17) is 4.74 Å². The summed E-state index contributed by atoms with van der Waals surface area (Å²) < 4.78 is 5.06. The summed E-state index contributed by atoms with van der Waals surface area (Å²) in [5.41, 5.74) is 3.39. The monoisotopic (exact) mass is 256 g/mol. The van der Waals surface area contributed by atoms with Gasteiger partial charge in [-0.25, -0.2) is 0 Å². The Morgan fingerprint density at radius 2 is 1.58 bits per heavy atom. The number of carbonyl (C=O) groups is 1. The summed E-state index contributed by atoms with van der Waals surface area (Å²) in [6.45, 7) is 7.46. The van der Waals surface area contributed by atoms with E-state index in [1.807, 2.05) is 32.0 Å². The first-order chi connectivity index (χ1) is 9.15. The van der Waals surface area contributed by atoms with Gasteiger partial charge in [0, 0.05) is 6.92 Å². The van der Waals surface area contributed by atoms with Crippen LogP contribution in [0.3, 0.4) is 0 Å². The lowest BCUT2D eigenvalue weighted by Crippen LogP contribution is -2.01. The van der Waals surface area contributed by atoms with Gasteiger partial charge in [0.15, 0.2) is 0 Å². The standard InChI is InChI=1S/C15H14O2.C2H6/c1-11-6-8-13(9-7-11)14-4-3-5-15(10-14)17-12(2)16;1-2/h3-10H,1-2H3;1-2H3. The molecule has 19 heavy (non-hydrogen) atoms. The molecule has 0 aromatic heterocycles. The van der Waals surface area contributed by atoms with Crippen LogP contribution >= 0.6 is 0 Å². The van der Waals surface area contributed by atoms with Crippen molar-refractivity contribution in [2.75, 3.05) is 0 Å². The fraction of sp³-hybridized carbons (Fsp3) is 0.235. The van der Waals surface area contributed by atoms with Crippen LogP contribution in [-0.4, -0.2) is 5.97 Å². The third kappa shape index (κ3) is 4.59. The molecule has 100 valence electrons. The number of benzene rings is 2. The number of hydrogen-bond acceptors (Lipinski definition) is 2. The van der Waals surface area contributed by atoms with Crippen LogP contribution in [0.15, 0.2) is 48.5 Å². The molecule has 0 aliphatic heterocycles. The van der Waals surface area contributed by atoms with Gasteiger partial charge in [-0.2, -0.15) is 0 Å². The Balaban J connectivity index is 0.000000861. The fourth-order valence-corrected chi connectivity index (χ4v) is 1.65. The smallest absolute Gasteiger partial charge is 0.308 e. The summed E-state index contributed by atoms with van der Waals surface area (Å²) in [5.74, 6) is 0.279. The van der Waals surface area contributed by atoms with E-state index in [2.05, 4.69) is 31.2 Å². The zero-order valence-corrected chi connectivity index (χ0v) is 11.9. The van der Waals surface area contributed by atoms with Crippen molar-refractivity contribution in [3.8, 4) is 16.9 Å². The number of aryl methyl sites for hydroxylation is 1. The minimum atomic E-state index is -0.300. The molecule has 2 aromatic carbocycles. The van der Waals surface area contributed by atoms with Gasteiger partial charge in [0.05, 0.1) is 0 Å². The zero-order chi connectivity index (χ0) is 14.3. The molecule has 0 unspecified atom stereocenters. The molecule has 0 radical (unpaired) electrons. The molecule has 0 heterocycles. The first kappa shape index (κ1) is 15.0. The molecular formula is C17H20O2. The molecule has 2 rings (SSSR count). The topological polar surface area (TPSA) is 26.3 Å². The Hall–Kier alpha value is -2.09. The first-order valence-corrected chi connectivity index (χ1v) is 6.51. The van der Waals surface area contributed by atoms with Gasteiger partial charge < -0.3 is 4.74 Å². The molecule has 0 aliphatic rings. The largest absolute Gasteiger partial charge is 0.427 e. The number of esters is 1. The summed E-state index contributed by atoms with van der Waals surface area (Å²) in [5, 5.41) is 0. The Kier molecular flexibility index (Phi) is 5.80. The molecule has 0 atom stereocenters. The summed E-state index contributed by atoms with van der Waals surface area (Å²) >= 11 is 0. The van der Waals surface area contributed by atoms with E-state index in [0.29, 0.717) is 5.75 Å². The SMILES string of the molecule is CC.CC(=O)Oc1cccc(-c2ccc(C)cc2)c1. The molecule has 0 saturated carbocycles. The Morgan fingerprint density at radius 3 is 2.16 bits per heavy atom. The van der Waals surface area contributed by atoms with Crippen LogP contribution in [0.2, 0.25) is 0 Å². The highest BCUT2D eigenvalue weighted by molar-refractivity contribution is 5.71. The maximum absolute atomic E-state index is 10.9. The molecule has 0 saturated heterocycles. The van der Waals surface area contributed by atoms with Crippen LogP contribution in [0.4, 0.5) is 0 Å². The quantitative estimate of drug-likeness (QED) is 0.579. The highest BCUT2D eigenvalue weighted by atomic mass is 16.5. The number of ether oxygens (including phenoxy) is 1.